The molecule has 1 aromatic heterocycles. The van der Waals surface area contributed by atoms with E-state index in [0.717, 1.165) is 0 Å². The van der Waals surface area contributed by atoms with Crippen LogP contribution in [0, 0.1) is 0 Å². The highest BCUT2D eigenvalue weighted by Gasteiger charge is 2.18. The van der Waals surface area contributed by atoms with Gasteiger partial charge in [-0.25, -0.2) is 0 Å². The van der Waals surface area contributed by atoms with E-state index in [-0.39, 0.29) is 4.73 Å². The molecule has 0 unspecified atom stereocenters. The fourth-order valence-electron chi connectivity index (χ4n) is 0.882. The number of halogens is 1. The van der Waals surface area contributed by atoms with Gasteiger partial charge in [-0.15, -0.1) is 0 Å². The van der Waals surface area contributed by atoms with E-state index < -0.39 is 27.8 Å². The van der Waals surface area contributed by atoms with Gasteiger partial charge in [-0.1, -0.05) is 11.6 Å². The highest BCUT2D eigenvalue weighted by atomic mass is 35.5. The SMILES string of the molecule is CNC(=O)c1c(Cl)c(=O)c(O)cn1O. The molecule has 7 heteroatoms. The topological polar surface area (TPSA) is 91.6 Å². The lowest BCUT2D eigenvalue weighted by Gasteiger charge is -2.07. The Balaban J connectivity index is 3.52. The smallest absolute Gasteiger partial charge is 0.272 e. The summed E-state index contributed by atoms with van der Waals surface area (Å²) in [6, 6.07) is 0. The van der Waals surface area contributed by atoms with Crippen molar-refractivity contribution in [2.75, 3.05) is 7.05 Å². The molecule has 0 aliphatic carbocycles. The van der Waals surface area contributed by atoms with Crippen LogP contribution in [0.2, 0.25) is 5.02 Å². The molecule has 14 heavy (non-hydrogen) atoms. The van der Waals surface area contributed by atoms with Crippen LogP contribution in [0.25, 0.3) is 0 Å². The van der Waals surface area contributed by atoms with Crippen LogP contribution in [-0.2, 0) is 0 Å². The van der Waals surface area contributed by atoms with Crippen molar-refractivity contribution in [3.63, 3.8) is 0 Å². The summed E-state index contributed by atoms with van der Waals surface area (Å²) in [5, 5.41) is 19.8. The second-order valence-corrected chi connectivity index (χ2v) is 2.81. The van der Waals surface area contributed by atoms with Gasteiger partial charge in [-0.3, -0.25) is 9.59 Å². The van der Waals surface area contributed by atoms with Gasteiger partial charge in [0.15, 0.2) is 11.4 Å². The van der Waals surface area contributed by atoms with Gasteiger partial charge in [-0.05, 0) is 0 Å². The molecule has 0 saturated heterocycles. The molecule has 0 atom stereocenters. The van der Waals surface area contributed by atoms with Crippen LogP contribution in [-0.4, -0.2) is 28.0 Å². The third-order valence-corrected chi connectivity index (χ3v) is 1.91. The quantitative estimate of drug-likeness (QED) is 0.570. The molecule has 1 rings (SSSR count). The maximum atomic E-state index is 11.1. The van der Waals surface area contributed by atoms with Crippen molar-refractivity contribution in [3.05, 3.63) is 27.1 Å². The number of rotatable bonds is 1. The van der Waals surface area contributed by atoms with Crippen molar-refractivity contribution < 1.29 is 15.1 Å². The fraction of sp³-hybridized carbons (Fsp3) is 0.143. The van der Waals surface area contributed by atoms with Gasteiger partial charge < -0.3 is 15.6 Å². The summed E-state index contributed by atoms with van der Waals surface area (Å²) in [6.45, 7) is 0. The summed E-state index contributed by atoms with van der Waals surface area (Å²) >= 11 is 5.46. The lowest BCUT2D eigenvalue weighted by atomic mass is 10.3. The first-order chi connectivity index (χ1) is 6.49. The molecule has 0 aliphatic heterocycles. The molecule has 0 aromatic carbocycles. The maximum absolute atomic E-state index is 11.1. The number of carbonyl (C=O) groups is 1. The predicted molar refractivity (Wildman–Crippen MR) is 48.0 cm³/mol. The van der Waals surface area contributed by atoms with E-state index >= 15 is 0 Å². The van der Waals surface area contributed by atoms with Gasteiger partial charge in [0.25, 0.3) is 5.91 Å². The van der Waals surface area contributed by atoms with Crippen molar-refractivity contribution in [2.45, 2.75) is 0 Å². The number of nitrogens with zero attached hydrogens (tertiary/aromatic N) is 1. The van der Waals surface area contributed by atoms with E-state index in [9.17, 15) is 14.8 Å². The molecular formula is C7H7ClN2O4. The van der Waals surface area contributed by atoms with Crippen LogP contribution in [0.3, 0.4) is 0 Å². The standard InChI is InChI=1S/C7H7ClN2O4/c1-9-7(13)5-4(8)6(12)3(11)2-10(5)14/h2,11,14H,1H3,(H,9,13). The first-order valence-electron chi connectivity index (χ1n) is 3.54. The fourth-order valence-corrected chi connectivity index (χ4v) is 1.15. The van der Waals surface area contributed by atoms with E-state index in [1.807, 2.05) is 0 Å². The number of amides is 1. The molecule has 0 bridgehead atoms. The second-order valence-electron chi connectivity index (χ2n) is 2.43. The molecule has 76 valence electrons. The van der Waals surface area contributed by atoms with Crippen LogP contribution in [0.5, 0.6) is 5.75 Å². The van der Waals surface area contributed by atoms with Crippen LogP contribution in [0.1, 0.15) is 10.5 Å². The van der Waals surface area contributed by atoms with Gasteiger partial charge in [0, 0.05) is 7.05 Å². The van der Waals surface area contributed by atoms with E-state index in [1.165, 1.54) is 7.05 Å². The molecule has 0 radical (unpaired) electrons. The van der Waals surface area contributed by atoms with Crippen molar-refractivity contribution in [1.82, 2.24) is 10.0 Å². The Morgan fingerprint density at radius 3 is 2.71 bits per heavy atom. The van der Waals surface area contributed by atoms with Gasteiger partial charge in [0.1, 0.15) is 5.02 Å². The molecule has 6 nitrogen and oxygen atoms in total. The Kier molecular flexibility index (Phi) is 2.66. The summed E-state index contributed by atoms with van der Waals surface area (Å²) in [5.41, 5.74) is -1.33. The molecule has 1 amide bonds. The summed E-state index contributed by atoms with van der Waals surface area (Å²) in [4.78, 5) is 22.2. The average molecular weight is 219 g/mol. The van der Waals surface area contributed by atoms with Crippen molar-refractivity contribution in [2.24, 2.45) is 0 Å². The number of hydrogen-bond acceptors (Lipinski definition) is 4. The van der Waals surface area contributed by atoms with E-state index in [4.69, 9.17) is 16.7 Å². The highest BCUT2D eigenvalue weighted by Crippen LogP contribution is 2.14. The normalized spacial score (nSPS) is 9.86. The van der Waals surface area contributed by atoms with Crippen LogP contribution < -0.4 is 10.7 Å². The molecular weight excluding hydrogens is 212 g/mol. The molecule has 1 aromatic rings. The van der Waals surface area contributed by atoms with E-state index in [2.05, 4.69) is 5.32 Å². The number of aromatic hydroxyl groups is 1. The van der Waals surface area contributed by atoms with Crippen LogP contribution in [0.15, 0.2) is 11.0 Å². The van der Waals surface area contributed by atoms with Crippen LogP contribution in [0.4, 0.5) is 0 Å². The Hall–Kier alpha value is -1.69. The zero-order chi connectivity index (χ0) is 10.9. The van der Waals surface area contributed by atoms with Crippen molar-refractivity contribution >= 4 is 17.5 Å². The van der Waals surface area contributed by atoms with Crippen molar-refractivity contribution in [3.8, 4) is 5.75 Å². The first-order valence-corrected chi connectivity index (χ1v) is 3.92. The Morgan fingerprint density at radius 1 is 1.64 bits per heavy atom. The van der Waals surface area contributed by atoms with Gasteiger partial charge >= 0.3 is 0 Å². The van der Waals surface area contributed by atoms with Gasteiger partial charge in [0.2, 0.25) is 5.43 Å². The van der Waals surface area contributed by atoms with Crippen molar-refractivity contribution in [1.29, 1.82) is 0 Å². The first kappa shape index (κ1) is 10.4. The van der Waals surface area contributed by atoms with Crippen LogP contribution >= 0.6 is 11.6 Å². The minimum absolute atomic E-state index is 0.290. The lowest BCUT2D eigenvalue weighted by molar-refractivity contribution is 0.0907. The summed E-state index contributed by atoms with van der Waals surface area (Å²) in [5.74, 6) is -1.46. The second kappa shape index (κ2) is 3.59. The molecule has 0 fully saturated rings. The highest BCUT2D eigenvalue weighted by molar-refractivity contribution is 6.33. The third-order valence-electron chi connectivity index (χ3n) is 1.56. The Morgan fingerprint density at radius 2 is 2.21 bits per heavy atom. The average Bonchev–Trinajstić information content (AvgIpc) is 2.14. The number of hydrogen-bond donors (Lipinski definition) is 3. The zero-order valence-electron chi connectivity index (χ0n) is 7.11. The van der Waals surface area contributed by atoms with Gasteiger partial charge in [-0.2, -0.15) is 4.73 Å². The molecule has 1 heterocycles. The van der Waals surface area contributed by atoms with E-state index in [1.54, 1.807) is 0 Å². The predicted octanol–water partition coefficient (Wildman–Crippen LogP) is -0.196. The molecule has 0 saturated carbocycles. The third kappa shape index (κ3) is 1.51. The lowest BCUT2D eigenvalue weighted by Crippen LogP contribution is -2.25. The maximum Gasteiger partial charge on any atom is 0.272 e. The molecule has 3 N–H and O–H groups in total. The number of carbonyl (C=O) groups excluding carboxylic acids is 1. The Bertz CT molecular complexity index is 440. The molecule has 0 spiro atoms. The minimum Gasteiger partial charge on any atom is -0.503 e. The summed E-state index contributed by atoms with van der Waals surface area (Å²) in [6.07, 6.45) is 0.693. The van der Waals surface area contributed by atoms with E-state index in [0.29, 0.717) is 6.20 Å². The number of aromatic nitrogens is 1. The monoisotopic (exact) mass is 218 g/mol. The summed E-state index contributed by atoms with van der Waals surface area (Å²) < 4.78 is 0.290. The number of pyridine rings is 1. The largest absolute Gasteiger partial charge is 0.503 e. The molecule has 0 aliphatic rings. The summed E-state index contributed by atoms with van der Waals surface area (Å²) in [7, 11) is 1.32. The minimum atomic E-state index is -0.907. The Labute approximate surface area is 83.3 Å². The van der Waals surface area contributed by atoms with Gasteiger partial charge in [0.05, 0.1) is 6.20 Å². The zero-order valence-corrected chi connectivity index (χ0v) is 7.87. The number of nitrogens with one attached hydrogen (secondary N) is 1.